The molecule has 6 nitrogen and oxygen atoms in total. The maximum absolute atomic E-state index is 5.03. The zero-order valence-corrected chi connectivity index (χ0v) is 16.7. The molecule has 0 saturated carbocycles. The molecule has 0 aromatic carbocycles. The summed E-state index contributed by atoms with van der Waals surface area (Å²) < 4.78 is 7.09. The van der Waals surface area contributed by atoms with Crippen molar-refractivity contribution in [1.82, 2.24) is 20.4 Å². The number of methoxy groups -OCH3 is 1. The second kappa shape index (κ2) is 11.7. The normalized spacial score (nSPS) is 12.7. The highest BCUT2D eigenvalue weighted by Crippen LogP contribution is 2.05. The van der Waals surface area contributed by atoms with Crippen molar-refractivity contribution in [3.8, 4) is 0 Å². The van der Waals surface area contributed by atoms with E-state index in [1.54, 1.807) is 14.2 Å². The van der Waals surface area contributed by atoms with Gasteiger partial charge in [0.1, 0.15) is 0 Å². The van der Waals surface area contributed by atoms with Gasteiger partial charge in [0.15, 0.2) is 5.96 Å². The Morgan fingerprint density at radius 3 is 2.68 bits per heavy atom. The zero-order chi connectivity index (χ0) is 15.7. The predicted octanol–water partition coefficient (Wildman–Crippen LogP) is 1.96. The first-order valence-corrected chi connectivity index (χ1v) is 7.51. The Balaban J connectivity index is 0.00000441. The van der Waals surface area contributed by atoms with Gasteiger partial charge >= 0.3 is 0 Å². The minimum Gasteiger partial charge on any atom is -0.385 e. The third-order valence-electron chi connectivity index (χ3n) is 3.25. The molecule has 22 heavy (non-hydrogen) atoms. The Morgan fingerprint density at radius 2 is 2.14 bits per heavy atom. The van der Waals surface area contributed by atoms with Crippen LogP contribution in [0.25, 0.3) is 0 Å². The van der Waals surface area contributed by atoms with Crippen molar-refractivity contribution in [3.05, 3.63) is 17.5 Å². The Bertz CT molecular complexity index is 447. The Hall–Kier alpha value is -0.830. The van der Waals surface area contributed by atoms with Gasteiger partial charge in [-0.05, 0) is 32.3 Å². The lowest BCUT2D eigenvalue weighted by Crippen LogP contribution is -2.40. The van der Waals surface area contributed by atoms with Gasteiger partial charge < -0.3 is 15.4 Å². The second-order valence-electron chi connectivity index (χ2n) is 5.44. The highest BCUT2D eigenvalue weighted by molar-refractivity contribution is 14.0. The van der Waals surface area contributed by atoms with Crippen LogP contribution < -0.4 is 10.6 Å². The van der Waals surface area contributed by atoms with Crippen molar-refractivity contribution in [2.45, 2.75) is 33.7 Å². The monoisotopic (exact) mass is 423 g/mol. The molecule has 0 bridgehead atoms. The number of aliphatic imine (C=N–C) groups is 1. The van der Waals surface area contributed by atoms with Crippen molar-refractivity contribution in [2.75, 3.05) is 33.9 Å². The molecule has 0 amide bonds. The van der Waals surface area contributed by atoms with Crippen molar-refractivity contribution in [3.63, 3.8) is 0 Å². The van der Waals surface area contributed by atoms with Crippen LogP contribution in [-0.4, -0.2) is 49.6 Å². The molecule has 128 valence electrons. The molecule has 0 radical (unpaired) electrons. The number of guanidine groups is 1. The minimum atomic E-state index is 0. The first kappa shape index (κ1) is 21.2. The number of aromatic nitrogens is 2. The lowest BCUT2D eigenvalue weighted by molar-refractivity contribution is 0.195. The van der Waals surface area contributed by atoms with E-state index in [0.717, 1.165) is 44.3 Å². The van der Waals surface area contributed by atoms with Crippen molar-refractivity contribution < 1.29 is 4.74 Å². The van der Waals surface area contributed by atoms with Crippen LogP contribution in [0.2, 0.25) is 0 Å². The molecule has 1 aromatic heterocycles. The highest BCUT2D eigenvalue weighted by atomic mass is 127. The summed E-state index contributed by atoms with van der Waals surface area (Å²) in [6.07, 6.45) is 0.971. The van der Waals surface area contributed by atoms with Gasteiger partial charge in [0.25, 0.3) is 0 Å². The summed E-state index contributed by atoms with van der Waals surface area (Å²) in [5.41, 5.74) is 2.28. The van der Waals surface area contributed by atoms with Crippen LogP contribution in [0.4, 0.5) is 0 Å². The van der Waals surface area contributed by atoms with Crippen LogP contribution in [0.3, 0.4) is 0 Å². The fourth-order valence-corrected chi connectivity index (χ4v) is 2.13. The van der Waals surface area contributed by atoms with Gasteiger partial charge in [0.2, 0.25) is 0 Å². The van der Waals surface area contributed by atoms with E-state index in [2.05, 4.69) is 45.3 Å². The van der Waals surface area contributed by atoms with E-state index in [-0.39, 0.29) is 24.0 Å². The summed E-state index contributed by atoms with van der Waals surface area (Å²) >= 11 is 0. The Morgan fingerprint density at radius 1 is 1.41 bits per heavy atom. The Labute approximate surface area is 151 Å². The molecule has 7 heteroatoms. The molecule has 0 saturated heterocycles. The maximum atomic E-state index is 5.03. The number of aryl methyl sites for hydroxylation is 2. The second-order valence-corrected chi connectivity index (χ2v) is 5.44. The highest BCUT2D eigenvalue weighted by Gasteiger charge is 2.08. The maximum Gasteiger partial charge on any atom is 0.190 e. The minimum absolute atomic E-state index is 0. The van der Waals surface area contributed by atoms with Gasteiger partial charge in [-0.3, -0.25) is 9.67 Å². The largest absolute Gasteiger partial charge is 0.385 e. The summed E-state index contributed by atoms with van der Waals surface area (Å²) in [5.74, 6) is 1.31. The molecule has 0 aliphatic rings. The molecular formula is C15H30IN5O. The Kier molecular flexibility index (Phi) is 11.3. The van der Waals surface area contributed by atoms with E-state index in [4.69, 9.17) is 4.74 Å². The van der Waals surface area contributed by atoms with E-state index in [1.165, 1.54) is 5.69 Å². The van der Waals surface area contributed by atoms with Crippen LogP contribution >= 0.6 is 24.0 Å². The summed E-state index contributed by atoms with van der Waals surface area (Å²) in [6, 6.07) is 2.11. The number of hydrogen-bond acceptors (Lipinski definition) is 3. The van der Waals surface area contributed by atoms with Crippen molar-refractivity contribution in [1.29, 1.82) is 0 Å². The third-order valence-corrected chi connectivity index (χ3v) is 3.25. The molecule has 0 spiro atoms. The molecule has 0 aliphatic carbocycles. The van der Waals surface area contributed by atoms with E-state index in [1.807, 2.05) is 6.92 Å². The quantitative estimate of drug-likeness (QED) is 0.291. The average molecular weight is 423 g/mol. The fraction of sp³-hybridized carbons (Fsp3) is 0.733. The molecule has 0 fully saturated rings. The van der Waals surface area contributed by atoms with Crippen LogP contribution in [0, 0.1) is 19.8 Å². The SMILES string of the molecule is CN=C(NCCCOC)NCC(C)Cn1nc(C)cc1C.I. The fourth-order valence-electron chi connectivity index (χ4n) is 2.13. The first-order chi connectivity index (χ1) is 10.1. The number of halogens is 1. The van der Waals surface area contributed by atoms with Gasteiger partial charge in [0.05, 0.1) is 5.69 Å². The number of hydrogen-bond donors (Lipinski definition) is 2. The van der Waals surface area contributed by atoms with E-state index < -0.39 is 0 Å². The lowest BCUT2D eigenvalue weighted by atomic mass is 10.2. The van der Waals surface area contributed by atoms with Crippen LogP contribution in [-0.2, 0) is 11.3 Å². The van der Waals surface area contributed by atoms with E-state index >= 15 is 0 Å². The molecule has 1 unspecified atom stereocenters. The van der Waals surface area contributed by atoms with Crippen LogP contribution in [0.1, 0.15) is 24.7 Å². The standard InChI is InChI=1S/C15H29N5O.HI/c1-12(11-20-14(3)9-13(2)19-20)10-18-15(16-4)17-7-6-8-21-5;/h9,12H,6-8,10-11H2,1-5H3,(H2,16,17,18);1H. The number of rotatable bonds is 8. The summed E-state index contributed by atoms with van der Waals surface area (Å²) in [6.45, 7) is 9.73. The van der Waals surface area contributed by atoms with E-state index in [0.29, 0.717) is 5.92 Å². The lowest BCUT2D eigenvalue weighted by Gasteiger charge is -2.16. The van der Waals surface area contributed by atoms with Gasteiger partial charge in [-0.1, -0.05) is 6.92 Å². The van der Waals surface area contributed by atoms with Crippen molar-refractivity contribution in [2.24, 2.45) is 10.9 Å². The smallest absolute Gasteiger partial charge is 0.190 e. The molecule has 1 heterocycles. The summed E-state index contributed by atoms with van der Waals surface area (Å²) in [4.78, 5) is 4.22. The van der Waals surface area contributed by atoms with Crippen LogP contribution in [0.15, 0.2) is 11.1 Å². The van der Waals surface area contributed by atoms with Gasteiger partial charge in [-0.15, -0.1) is 24.0 Å². The summed E-state index contributed by atoms with van der Waals surface area (Å²) in [7, 11) is 3.51. The first-order valence-electron chi connectivity index (χ1n) is 7.51. The topological polar surface area (TPSA) is 63.5 Å². The molecular weight excluding hydrogens is 393 g/mol. The van der Waals surface area contributed by atoms with Gasteiger partial charge in [-0.2, -0.15) is 5.10 Å². The van der Waals surface area contributed by atoms with Gasteiger partial charge in [0, 0.05) is 46.1 Å². The molecule has 1 rings (SSSR count). The van der Waals surface area contributed by atoms with E-state index in [9.17, 15) is 0 Å². The number of nitrogens with zero attached hydrogens (tertiary/aromatic N) is 3. The summed E-state index contributed by atoms with van der Waals surface area (Å²) in [5, 5.41) is 11.1. The van der Waals surface area contributed by atoms with Gasteiger partial charge in [-0.25, -0.2) is 0 Å². The van der Waals surface area contributed by atoms with Crippen LogP contribution in [0.5, 0.6) is 0 Å². The molecule has 1 atom stereocenters. The molecule has 2 N–H and O–H groups in total. The molecule has 1 aromatic rings. The third kappa shape index (κ3) is 7.98. The predicted molar refractivity (Wildman–Crippen MR) is 102 cm³/mol. The number of nitrogens with one attached hydrogen (secondary N) is 2. The zero-order valence-electron chi connectivity index (χ0n) is 14.3. The average Bonchev–Trinajstić information content (AvgIpc) is 2.76. The molecule has 0 aliphatic heterocycles. The van der Waals surface area contributed by atoms with Crippen molar-refractivity contribution >= 4 is 29.9 Å². The number of ether oxygens (including phenoxy) is 1.